The van der Waals surface area contributed by atoms with Crippen molar-refractivity contribution in [2.75, 3.05) is 25.0 Å². The first-order chi connectivity index (χ1) is 8.65. The summed E-state index contributed by atoms with van der Waals surface area (Å²) in [5.74, 6) is 1.37. The van der Waals surface area contributed by atoms with Crippen LogP contribution in [0.3, 0.4) is 0 Å². The van der Waals surface area contributed by atoms with Crippen LogP contribution < -0.4 is 10.2 Å². The van der Waals surface area contributed by atoms with E-state index < -0.39 is 0 Å². The Labute approximate surface area is 111 Å². The molecule has 18 heavy (non-hydrogen) atoms. The Balaban J connectivity index is 2.22. The molecule has 2 heteroatoms. The minimum absolute atomic E-state index is 0.594. The van der Waals surface area contributed by atoms with Crippen LogP contribution in [-0.2, 0) is 0 Å². The van der Waals surface area contributed by atoms with Gasteiger partial charge >= 0.3 is 0 Å². The van der Waals surface area contributed by atoms with E-state index in [0.29, 0.717) is 12.0 Å². The number of anilines is 1. The first kappa shape index (κ1) is 13.4. The Morgan fingerprint density at radius 2 is 2.06 bits per heavy atom. The van der Waals surface area contributed by atoms with Crippen molar-refractivity contribution in [1.29, 1.82) is 0 Å². The fourth-order valence-electron chi connectivity index (χ4n) is 3.12. The lowest BCUT2D eigenvalue weighted by Gasteiger charge is -2.29. The SMILES string of the molecule is CNCC1CCN(c2ccccc2C(C)C)C1C. The summed E-state index contributed by atoms with van der Waals surface area (Å²) in [7, 11) is 2.05. The van der Waals surface area contributed by atoms with Crippen molar-refractivity contribution in [3.63, 3.8) is 0 Å². The minimum atomic E-state index is 0.594. The third kappa shape index (κ3) is 2.54. The molecule has 0 aliphatic carbocycles. The predicted octanol–water partition coefficient (Wildman–Crippen LogP) is 3.24. The van der Waals surface area contributed by atoms with Crippen molar-refractivity contribution in [2.45, 2.75) is 39.2 Å². The van der Waals surface area contributed by atoms with Crippen LogP contribution in [0.2, 0.25) is 0 Å². The van der Waals surface area contributed by atoms with E-state index in [2.05, 4.69) is 62.3 Å². The van der Waals surface area contributed by atoms with Crippen LogP contribution in [0.25, 0.3) is 0 Å². The Morgan fingerprint density at radius 1 is 1.33 bits per heavy atom. The molecule has 2 unspecified atom stereocenters. The van der Waals surface area contributed by atoms with Gasteiger partial charge in [-0.3, -0.25) is 0 Å². The molecule has 2 atom stereocenters. The summed E-state index contributed by atoms with van der Waals surface area (Å²) < 4.78 is 0. The molecule has 1 heterocycles. The zero-order chi connectivity index (χ0) is 13.1. The zero-order valence-corrected chi connectivity index (χ0v) is 12.1. The summed E-state index contributed by atoms with van der Waals surface area (Å²) in [6.07, 6.45) is 1.30. The number of nitrogens with one attached hydrogen (secondary N) is 1. The van der Waals surface area contributed by atoms with Crippen LogP contribution in [-0.4, -0.2) is 26.2 Å². The second kappa shape index (κ2) is 5.75. The molecule has 2 nitrogen and oxygen atoms in total. The van der Waals surface area contributed by atoms with Crippen LogP contribution >= 0.6 is 0 Å². The number of nitrogens with zero attached hydrogens (tertiary/aromatic N) is 1. The highest BCUT2D eigenvalue weighted by Gasteiger charge is 2.31. The van der Waals surface area contributed by atoms with E-state index in [-0.39, 0.29) is 0 Å². The number of rotatable bonds is 4. The van der Waals surface area contributed by atoms with E-state index in [1.807, 2.05) is 0 Å². The highest BCUT2D eigenvalue weighted by molar-refractivity contribution is 5.56. The fraction of sp³-hybridized carbons (Fsp3) is 0.625. The van der Waals surface area contributed by atoms with Gasteiger partial charge in [0.2, 0.25) is 0 Å². The largest absolute Gasteiger partial charge is 0.368 e. The lowest BCUT2D eigenvalue weighted by Crippen LogP contribution is -2.34. The Bertz CT molecular complexity index is 386. The van der Waals surface area contributed by atoms with Gasteiger partial charge < -0.3 is 10.2 Å². The van der Waals surface area contributed by atoms with Crippen molar-refractivity contribution in [3.05, 3.63) is 29.8 Å². The molecule has 1 aliphatic heterocycles. The van der Waals surface area contributed by atoms with E-state index in [1.165, 1.54) is 24.2 Å². The van der Waals surface area contributed by atoms with Gasteiger partial charge in [0, 0.05) is 18.3 Å². The van der Waals surface area contributed by atoms with E-state index in [0.717, 1.165) is 12.5 Å². The van der Waals surface area contributed by atoms with Crippen LogP contribution in [0, 0.1) is 5.92 Å². The van der Waals surface area contributed by atoms with Gasteiger partial charge in [-0.2, -0.15) is 0 Å². The van der Waals surface area contributed by atoms with Crippen LogP contribution in [0.15, 0.2) is 24.3 Å². The average molecular weight is 246 g/mol. The molecule has 1 fully saturated rings. The first-order valence-corrected chi connectivity index (χ1v) is 7.15. The summed E-state index contributed by atoms with van der Waals surface area (Å²) in [5, 5.41) is 3.32. The molecule has 0 radical (unpaired) electrons. The highest BCUT2D eigenvalue weighted by Crippen LogP contribution is 2.34. The summed E-state index contributed by atoms with van der Waals surface area (Å²) in [6.45, 7) is 9.25. The van der Waals surface area contributed by atoms with Crippen molar-refractivity contribution in [3.8, 4) is 0 Å². The third-order valence-corrected chi connectivity index (χ3v) is 4.25. The quantitative estimate of drug-likeness (QED) is 0.877. The van der Waals surface area contributed by atoms with Gasteiger partial charge in [0.05, 0.1) is 0 Å². The molecule has 0 amide bonds. The van der Waals surface area contributed by atoms with Crippen LogP contribution in [0.5, 0.6) is 0 Å². The Kier molecular flexibility index (Phi) is 4.28. The highest BCUT2D eigenvalue weighted by atomic mass is 15.2. The van der Waals surface area contributed by atoms with Crippen molar-refractivity contribution in [1.82, 2.24) is 5.32 Å². The molecule has 100 valence electrons. The van der Waals surface area contributed by atoms with Gasteiger partial charge in [-0.25, -0.2) is 0 Å². The van der Waals surface area contributed by atoms with Crippen molar-refractivity contribution < 1.29 is 0 Å². The van der Waals surface area contributed by atoms with Crippen molar-refractivity contribution in [2.24, 2.45) is 5.92 Å². The van der Waals surface area contributed by atoms with E-state index in [9.17, 15) is 0 Å². The summed E-state index contributed by atoms with van der Waals surface area (Å²) >= 11 is 0. The maximum absolute atomic E-state index is 3.32. The Morgan fingerprint density at radius 3 is 2.72 bits per heavy atom. The molecule has 1 aliphatic rings. The normalized spacial score (nSPS) is 23.9. The molecule has 0 spiro atoms. The lowest BCUT2D eigenvalue weighted by atomic mass is 9.98. The van der Waals surface area contributed by atoms with Crippen LogP contribution in [0.4, 0.5) is 5.69 Å². The molecule has 1 aromatic carbocycles. The number of para-hydroxylation sites is 1. The van der Waals surface area contributed by atoms with E-state index in [1.54, 1.807) is 0 Å². The molecule has 0 bridgehead atoms. The molecule has 1 N–H and O–H groups in total. The minimum Gasteiger partial charge on any atom is -0.368 e. The Hall–Kier alpha value is -1.02. The number of hydrogen-bond acceptors (Lipinski definition) is 2. The maximum Gasteiger partial charge on any atom is 0.0403 e. The molecule has 0 saturated carbocycles. The second-order valence-corrected chi connectivity index (χ2v) is 5.75. The molecular weight excluding hydrogens is 220 g/mol. The fourth-order valence-corrected chi connectivity index (χ4v) is 3.12. The molecular formula is C16H26N2. The summed E-state index contributed by atoms with van der Waals surface area (Å²) in [6, 6.07) is 9.52. The smallest absolute Gasteiger partial charge is 0.0403 e. The monoisotopic (exact) mass is 246 g/mol. The second-order valence-electron chi connectivity index (χ2n) is 5.75. The summed E-state index contributed by atoms with van der Waals surface area (Å²) in [5.41, 5.74) is 2.92. The van der Waals surface area contributed by atoms with Gasteiger partial charge in [-0.05, 0) is 50.4 Å². The molecule has 1 saturated heterocycles. The van der Waals surface area contributed by atoms with Gasteiger partial charge in [0.1, 0.15) is 0 Å². The van der Waals surface area contributed by atoms with E-state index >= 15 is 0 Å². The van der Waals surface area contributed by atoms with Gasteiger partial charge in [0.15, 0.2) is 0 Å². The molecule has 1 aromatic rings. The predicted molar refractivity (Wildman–Crippen MR) is 79.4 cm³/mol. The van der Waals surface area contributed by atoms with Gasteiger partial charge in [-0.1, -0.05) is 32.0 Å². The zero-order valence-electron chi connectivity index (χ0n) is 12.1. The molecule has 0 aromatic heterocycles. The van der Waals surface area contributed by atoms with Crippen molar-refractivity contribution >= 4 is 5.69 Å². The van der Waals surface area contributed by atoms with E-state index in [4.69, 9.17) is 0 Å². The third-order valence-electron chi connectivity index (χ3n) is 4.25. The number of hydrogen-bond donors (Lipinski definition) is 1. The number of benzene rings is 1. The molecule has 2 rings (SSSR count). The average Bonchev–Trinajstić information content (AvgIpc) is 2.72. The first-order valence-electron chi connectivity index (χ1n) is 7.15. The topological polar surface area (TPSA) is 15.3 Å². The standard InChI is InChI=1S/C16H26N2/c1-12(2)15-7-5-6-8-16(15)18-10-9-14(11-17-4)13(18)3/h5-8,12-14,17H,9-11H2,1-4H3. The summed E-state index contributed by atoms with van der Waals surface area (Å²) in [4.78, 5) is 2.59. The van der Waals surface area contributed by atoms with Crippen LogP contribution in [0.1, 0.15) is 38.7 Å². The lowest BCUT2D eigenvalue weighted by molar-refractivity contribution is 0.473. The van der Waals surface area contributed by atoms with Gasteiger partial charge in [0.25, 0.3) is 0 Å². The van der Waals surface area contributed by atoms with Gasteiger partial charge in [-0.15, -0.1) is 0 Å². The maximum atomic E-state index is 3.32.